The van der Waals surface area contributed by atoms with Gasteiger partial charge < -0.3 is 20.1 Å². The lowest BCUT2D eigenvalue weighted by molar-refractivity contribution is 0.153. The van der Waals surface area contributed by atoms with Gasteiger partial charge in [0.25, 0.3) is 0 Å². The zero-order valence-electron chi connectivity index (χ0n) is 16.1. The number of nitrogens with one attached hydrogen (secondary N) is 2. The van der Waals surface area contributed by atoms with Crippen molar-refractivity contribution >= 4 is 22.8 Å². The highest BCUT2D eigenvalue weighted by molar-refractivity contribution is 5.76. The van der Waals surface area contributed by atoms with Gasteiger partial charge in [0.1, 0.15) is 5.52 Å². The lowest BCUT2D eigenvalue weighted by Crippen LogP contribution is -2.14. The largest absolute Gasteiger partial charge is 0.377 e. The molecule has 2 aromatic rings. The monoisotopic (exact) mass is 381 g/mol. The summed E-state index contributed by atoms with van der Waals surface area (Å²) in [6.07, 6.45) is 10.1. The van der Waals surface area contributed by atoms with Crippen LogP contribution in [0.2, 0.25) is 0 Å². The lowest BCUT2D eigenvalue weighted by atomic mass is 10.1. The van der Waals surface area contributed by atoms with E-state index in [-0.39, 0.29) is 0 Å². The fourth-order valence-corrected chi connectivity index (χ4v) is 3.41. The Morgan fingerprint density at radius 3 is 2.11 bits per heavy atom. The van der Waals surface area contributed by atoms with Crippen LogP contribution in [0.1, 0.15) is 25.7 Å². The van der Waals surface area contributed by atoms with Crippen LogP contribution in [-0.4, -0.2) is 54.5 Å². The fourth-order valence-electron chi connectivity index (χ4n) is 3.41. The summed E-state index contributed by atoms with van der Waals surface area (Å²) in [6, 6.07) is 3.83. The molecule has 2 aliphatic heterocycles. The minimum absolute atomic E-state index is 0.660. The Morgan fingerprint density at radius 1 is 0.857 bits per heavy atom. The van der Waals surface area contributed by atoms with Gasteiger partial charge in [-0.15, -0.1) is 0 Å². The quantitative estimate of drug-likeness (QED) is 0.679. The summed E-state index contributed by atoms with van der Waals surface area (Å²) in [5, 5.41) is 6.91. The highest BCUT2D eigenvalue weighted by Crippen LogP contribution is 2.22. The second-order valence-corrected chi connectivity index (χ2v) is 7.00. The second kappa shape index (κ2) is 9.61. The van der Waals surface area contributed by atoms with Crippen molar-refractivity contribution in [1.29, 1.82) is 0 Å². The summed E-state index contributed by atoms with van der Waals surface area (Å²) in [4.78, 5) is 13.8. The van der Waals surface area contributed by atoms with Gasteiger partial charge in [-0.1, -0.05) is 23.3 Å². The standard InChI is InChI=1S/C21H27N5O2/c1-2-18-19(22-9-1)26-21(24-11-4-17-7-14-28-15-8-17)20(25-18)23-10-3-16-5-12-27-13-6-16/h1-2,5,7,9H,3-4,6,8,10-15H2,(H,23,25)(H,22,24,26). The number of nitrogens with zero attached hydrogens (tertiary/aromatic N) is 3. The molecule has 7 heteroatoms. The minimum atomic E-state index is 0.660. The van der Waals surface area contributed by atoms with Crippen LogP contribution in [0.3, 0.4) is 0 Å². The van der Waals surface area contributed by atoms with Crippen LogP contribution >= 0.6 is 0 Å². The van der Waals surface area contributed by atoms with Crippen molar-refractivity contribution in [1.82, 2.24) is 15.0 Å². The first-order chi connectivity index (χ1) is 13.9. The highest BCUT2D eigenvalue weighted by atomic mass is 16.5. The molecule has 28 heavy (non-hydrogen) atoms. The fraction of sp³-hybridized carbons (Fsp3) is 0.476. The van der Waals surface area contributed by atoms with Gasteiger partial charge in [0.05, 0.1) is 26.4 Å². The number of rotatable bonds is 8. The Bertz CT molecular complexity index is 794. The van der Waals surface area contributed by atoms with E-state index < -0.39 is 0 Å². The number of anilines is 2. The number of ether oxygens (including phenoxy) is 2. The van der Waals surface area contributed by atoms with Crippen molar-refractivity contribution in [3.8, 4) is 0 Å². The molecule has 2 aliphatic rings. The maximum absolute atomic E-state index is 5.38. The molecule has 2 N–H and O–H groups in total. The third-order valence-corrected chi connectivity index (χ3v) is 5.03. The molecule has 0 unspecified atom stereocenters. The number of pyridine rings is 1. The van der Waals surface area contributed by atoms with Crippen LogP contribution in [0.15, 0.2) is 41.6 Å². The smallest absolute Gasteiger partial charge is 0.180 e. The Hall–Kier alpha value is -2.51. The molecular formula is C21H27N5O2. The van der Waals surface area contributed by atoms with Crippen LogP contribution in [0.4, 0.5) is 11.6 Å². The zero-order chi connectivity index (χ0) is 19.0. The van der Waals surface area contributed by atoms with Gasteiger partial charge >= 0.3 is 0 Å². The normalized spacial score (nSPS) is 17.1. The van der Waals surface area contributed by atoms with Gasteiger partial charge in [0, 0.05) is 19.3 Å². The molecule has 148 valence electrons. The van der Waals surface area contributed by atoms with Crippen molar-refractivity contribution in [2.24, 2.45) is 0 Å². The third-order valence-electron chi connectivity index (χ3n) is 5.03. The van der Waals surface area contributed by atoms with Crippen LogP contribution in [0.5, 0.6) is 0 Å². The highest BCUT2D eigenvalue weighted by Gasteiger charge is 2.11. The summed E-state index contributed by atoms with van der Waals surface area (Å²) in [5.74, 6) is 1.55. The molecule has 0 bridgehead atoms. The molecule has 0 spiro atoms. The van der Waals surface area contributed by atoms with Crippen LogP contribution in [0, 0.1) is 0 Å². The van der Waals surface area contributed by atoms with Crippen LogP contribution in [0.25, 0.3) is 11.2 Å². The predicted octanol–water partition coefficient (Wildman–Crippen LogP) is 3.32. The predicted molar refractivity (Wildman–Crippen MR) is 111 cm³/mol. The summed E-state index contributed by atoms with van der Waals surface area (Å²) in [7, 11) is 0. The van der Waals surface area contributed by atoms with Gasteiger partial charge in [-0.3, -0.25) is 0 Å². The molecule has 4 rings (SSSR count). The van der Waals surface area contributed by atoms with Crippen molar-refractivity contribution in [2.75, 3.05) is 50.2 Å². The minimum Gasteiger partial charge on any atom is -0.377 e. The van der Waals surface area contributed by atoms with E-state index in [1.165, 1.54) is 11.1 Å². The van der Waals surface area contributed by atoms with Gasteiger partial charge in [-0.25, -0.2) is 15.0 Å². The molecule has 0 aromatic carbocycles. The Balaban J connectivity index is 1.42. The molecule has 0 radical (unpaired) electrons. The van der Waals surface area contributed by atoms with Crippen LogP contribution < -0.4 is 10.6 Å². The molecule has 7 nitrogen and oxygen atoms in total. The van der Waals surface area contributed by atoms with Crippen molar-refractivity contribution in [3.05, 3.63) is 41.6 Å². The number of fused-ring (bicyclic) bond motifs is 1. The van der Waals surface area contributed by atoms with E-state index in [1.807, 2.05) is 12.1 Å². The van der Waals surface area contributed by atoms with E-state index >= 15 is 0 Å². The van der Waals surface area contributed by atoms with E-state index in [0.29, 0.717) is 5.65 Å². The van der Waals surface area contributed by atoms with E-state index in [1.54, 1.807) is 6.20 Å². The molecule has 4 heterocycles. The molecule has 0 atom stereocenters. The average Bonchev–Trinajstić information content (AvgIpc) is 2.75. The molecular weight excluding hydrogens is 354 g/mol. The maximum Gasteiger partial charge on any atom is 0.180 e. The van der Waals surface area contributed by atoms with Gasteiger partial charge in [0.15, 0.2) is 17.3 Å². The van der Waals surface area contributed by atoms with E-state index in [2.05, 4.69) is 27.8 Å². The molecule has 0 saturated heterocycles. The zero-order valence-corrected chi connectivity index (χ0v) is 16.1. The van der Waals surface area contributed by atoms with Gasteiger partial charge in [-0.2, -0.15) is 0 Å². The van der Waals surface area contributed by atoms with Gasteiger partial charge in [0.2, 0.25) is 0 Å². The topological polar surface area (TPSA) is 81.2 Å². The number of hydrogen-bond donors (Lipinski definition) is 2. The van der Waals surface area contributed by atoms with E-state index in [4.69, 9.17) is 19.4 Å². The Morgan fingerprint density at radius 2 is 1.50 bits per heavy atom. The summed E-state index contributed by atoms with van der Waals surface area (Å²) in [6.45, 7) is 4.73. The van der Waals surface area contributed by atoms with E-state index in [9.17, 15) is 0 Å². The molecule has 0 aliphatic carbocycles. The Kier molecular flexibility index (Phi) is 6.47. The first-order valence-electron chi connectivity index (χ1n) is 10.0. The maximum atomic E-state index is 5.38. The summed E-state index contributed by atoms with van der Waals surface area (Å²) >= 11 is 0. The van der Waals surface area contributed by atoms with Crippen LogP contribution in [-0.2, 0) is 9.47 Å². The first-order valence-corrected chi connectivity index (χ1v) is 10.0. The second-order valence-electron chi connectivity index (χ2n) is 7.00. The molecule has 0 saturated carbocycles. The van der Waals surface area contributed by atoms with Crippen molar-refractivity contribution in [3.63, 3.8) is 0 Å². The Labute approximate surface area is 165 Å². The third kappa shape index (κ3) is 5.05. The first kappa shape index (κ1) is 18.8. The van der Waals surface area contributed by atoms with Crippen molar-refractivity contribution in [2.45, 2.75) is 25.7 Å². The molecule has 2 aromatic heterocycles. The summed E-state index contributed by atoms with van der Waals surface area (Å²) in [5.41, 5.74) is 4.34. The van der Waals surface area contributed by atoms with Crippen molar-refractivity contribution < 1.29 is 9.47 Å². The SMILES string of the molecule is C1=C(CCNc2nc3cccnc3nc2NCCC2=CCOCC2)CCOC1. The number of aromatic nitrogens is 3. The average molecular weight is 381 g/mol. The summed E-state index contributed by atoms with van der Waals surface area (Å²) < 4.78 is 10.8. The van der Waals surface area contributed by atoms with E-state index in [0.717, 1.165) is 82.4 Å². The lowest BCUT2D eigenvalue weighted by Gasteiger charge is -2.17. The van der Waals surface area contributed by atoms with Gasteiger partial charge in [-0.05, 0) is 37.8 Å². The molecule has 0 amide bonds. The molecule has 0 fully saturated rings. The number of hydrogen-bond acceptors (Lipinski definition) is 7.